The molecule has 0 spiro atoms. The van der Waals surface area contributed by atoms with E-state index in [0.717, 1.165) is 34.4 Å². The van der Waals surface area contributed by atoms with Crippen LogP contribution in [0.4, 0.5) is 0 Å². The molecule has 1 unspecified atom stereocenters. The van der Waals surface area contributed by atoms with Gasteiger partial charge in [0, 0.05) is 18.9 Å². The van der Waals surface area contributed by atoms with Crippen molar-refractivity contribution in [1.82, 2.24) is 19.7 Å². The van der Waals surface area contributed by atoms with Gasteiger partial charge in [-0.25, -0.2) is 0 Å². The van der Waals surface area contributed by atoms with Crippen LogP contribution in [-0.4, -0.2) is 45.4 Å². The van der Waals surface area contributed by atoms with E-state index in [-0.39, 0.29) is 0 Å². The Morgan fingerprint density at radius 2 is 2.15 bits per heavy atom. The quantitative estimate of drug-likeness (QED) is 0.905. The molecule has 1 N–H and O–H groups in total. The molecule has 2 rings (SSSR count). The Balaban J connectivity index is 2.32. The highest BCUT2D eigenvalue weighted by atomic mass is 79.9. The lowest BCUT2D eigenvalue weighted by Crippen LogP contribution is -2.21. The first kappa shape index (κ1) is 15.2. The van der Waals surface area contributed by atoms with E-state index in [0.29, 0.717) is 0 Å². The Bertz CT molecular complexity index is 582. The Labute approximate surface area is 127 Å². The van der Waals surface area contributed by atoms with Gasteiger partial charge in [0.2, 0.25) is 0 Å². The molecular weight excluding hydrogens is 320 g/mol. The molecule has 1 atom stereocenters. The van der Waals surface area contributed by atoms with Gasteiger partial charge in [0.15, 0.2) is 0 Å². The third-order valence-electron chi connectivity index (χ3n) is 3.21. The molecule has 0 saturated heterocycles. The molecule has 0 saturated carbocycles. The molecule has 108 valence electrons. The summed E-state index contributed by atoms with van der Waals surface area (Å²) < 4.78 is 2.66. The fourth-order valence-electron chi connectivity index (χ4n) is 2.05. The summed E-state index contributed by atoms with van der Waals surface area (Å²) in [5.41, 5.74) is 2.60. The van der Waals surface area contributed by atoms with Gasteiger partial charge in [0.1, 0.15) is 6.10 Å². The van der Waals surface area contributed by atoms with Crippen LogP contribution < -0.4 is 0 Å². The van der Waals surface area contributed by atoms with E-state index < -0.39 is 6.10 Å². The van der Waals surface area contributed by atoms with Crippen molar-refractivity contribution in [2.75, 3.05) is 20.6 Å². The molecule has 0 aliphatic carbocycles. The number of aliphatic hydroxyl groups excluding tert-OH is 1. The number of hydrogen-bond donors (Lipinski definition) is 1. The summed E-state index contributed by atoms with van der Waals surface area (Å²) in [6.45, 7) is 3.54. The zero-order chi connectivity index (χ0) is 14.7. The fourth-order valence-corrected chi connectivity index (χ4v) is 2.57. The molecular formula is C14H19BrN4O. The van der Waals surface area contributed by atoms with Crippen LogP contribution in [0.1, 0.15) is 22.9 Å². The summed E-state index contributed by atoms with van der Waals surface area (Å²) in [6.07, 6.45) is 4.47. The lowest BCUT2D eigenvalue weighted by molar-refractivity contribution is 0.204. The van der Waals surface area contributed by atoms with Crippen molar-refractivity contribution in [2.45, 2.75) is 19.6 Å². The van der Waals surface area contributed by atoms with E-state index in [1.807, 2.05) is 31.8 Å². The number of aromatic nitrogens is 3. The van der Waals surface area contributed by atoms with Crippen LogP contribution in [0.25, 0.3) is 0 Å². The number of halogens is 1. The van der Waals surface area contributed by atoms with Gasteiger partial charge in [-0.3, -0.25) is 9.67 Å². The van der Waals surface area contributed by atoms with Crippen molar-refractivity contribution in [3.05, 3.63) is 46.0 Å². The highest BCUT2D eigenvalue weighted by Crippen LogP contribution is 2.29. The summed E-state index contributed by atoms with van der Waals surface area (Å²) >= 11 is 3.47. The smallest absolute Gasteiger partial charge is 0.122 e. The fraction of sp³-hybridized carbons (Fsp3) is 0.429. The lowest BCUT2D eigenvalue weighted by atomic mass is 10.0. The molecule has 20 heavy (non-hydrogen) atoms. The van der Waals surface area contributed by atoms with Crippen LogP contribution in [0.3, 0.4) is 0 Å². The van der Waals surface area contributed by atoms with Gasteiger partial charge >= 0.3 is 0 Å². The zero-order valence-electron chi connectivity index (χ0n) is 11.9. The van der Waals surface area contributed by atoms with Crippen molar-refractivity contribution >= 4 is 15.9 Å². The van der Waals surface area contributed by atoms with Crippen molar-refractivity contribution < 1.29 is 5.11 Å². The first-order chi connectivity index (χ1) is 9.50. The average molecular weight is 339 g/mol. The molecule has 0 aromatic carbocycles. The van der Waals surface area contributed by atoms with E-state index in [9.17, 15) is 5.11 Å². The van der Waals surface area contributed by atoms with Crippen LogP contribution in [0.2, 0.25) is 0 Å². The van der Waals surface area contributed by atoms with Crippen molar-refractivity contribution in [1.29, 1.82) is 0 Å². The second-order valence-electron chi connectivity index (χ2n) is 5.04. The van der Waals surface area contributed by atoms with Crippen LogP contribution >= 0.6 is 15.9 Å². The predicted octanol–water partition coefficient (Wildman–Crippen LogP) is 1.99. The standard InChI is InChI=1S/C14H19BrN4O/c1-10-8-16-5-4-11(10)14(20)13-12(15)9-17-19(13)7-6-18(2)3/h4-5,8-9,14,20H,6-7H2,1-3H3. The van der Waals surface area contributed by atoms with Gasteiger partial charge in [-0.15, -0.1) is 0 Å². The van der Waals surface area contributed by atoms with Gasteiger partial charge in [0.05, 0.1) is 22.9 Å². The summed E-state index contributed by atoms with van der Waals surface area (Å²) in [5.74, 6) is 0. The maximum Gasteiger partial charge on any atom is 0.122 e. The SMILES string of the molecule is Cc1cnccc1C(O)c1c(Br)cnn1CCN(C)C. The second-order valence-corrected chi connectivity index (χ2v) is 5.89. The van der Waals surface area contributed by atoms with Gasteiger partial charge < -0.3 is 10.0 Å². The minimum atomic E-state index is -0.711. The Hall–Kier alpha value is -1.24. The Morgan fingerprint density at radius 3 is 2.80 bits per heavy atom. The van der Waals surface area contributed by atoms with Crippen LogP contribution in [0.5, 0.6) is 0 Å². The number of pyridine rings is 1. The number of likely N-dealkylation sites (N-methyl/N-ethyl adjacent to an activating group) is 1. The molecule has 0 fully saturated rings. The number of rotatable bonds is 5. The maximum atomic E-state index is 10.7. The molecule has 6 heteroatoms. The van der Waals surface area contributed by atoms with Crippen molar-refractivity contribution in [3.8, 4) is 0 Å². The molecule has 0 aliphatic rings. The summed E-state index contributed by atoms with van der Waals surface area (Å²) in [4.78, 5) is 6.15. The number of nitrogens with zero attached hydrogens (tertiary/aromatic N) is 4. The molecule has 0 radical (unpaired) electrons. The first-order valence-electron chi connectivity index (χ1n) is 6.45. The first-order valence-corrected chi connectivity index (χ1v) is 7.24. The lowest BCUT2D eigenvalue weighted by Gasteiger charge is -2.17. The zero-order valence-corrected chi connectivity index (χ0v) is 13.5. The molecule has 2 aromatic heterocycles. The number of aryl methyl sites for hydroxylation is 1. The van der Waals surface area contributed by atoms with E-state index in [2.05, 4.69) is 30.9 Å². The van der Waals surface area contributed by atoms with Crippen LogP contribution in [-0.2, 0) is 6.54 Å². The van der Waals surface area contributed by atoms with Gasteiger partial charge in [-0.05, 0) is 54.1 Å². The van der Waals surface area contributed by atoms with Gasteiger partial charge in [-0.1, -0.05) is 0 Å². The van der Waals surface area contributed by atoms with Crippen molar-refractivity contribution in [2.24, 2.45) is 0 Å². The van der Waals surface area contributed by atoms with Crippen LogP contribution in [0.15, 0.2) is 29.1 Å². The predicted molar refractivity (Wildman–Crippen MR) is 81.5 cm³/mol. The van der Waals surface area contributed by atoms with Gasteiger partial charge in [-0.2, -0.15) is 5.10 Å². The minimum absolute atomic E-state index is 0.711. The van der Waals surface area contributed by atoms with Crippen LogP contribution in [0, 0.1) is 6.92 Å². The Morgan fingerprint density at radius 1 is 1.40 bits per heavy atom. The molecule has 5 nitrogen and oxygen atoms in total. The third kappa shape index (κ3) is 3.26. The summed E-state index contributed by atoms with van der Waals surface area (Å²) in [6, 6.07) is 1.84. The monoisotopic (exact) mass is 338 g/mol. The number of aliphatic hydroxyl groups is 1. The molecule has 0 bridgehead atoms. The molecule has 0 amide bonds. The van der Waals surface area contributed by atoms with Gasteiger partial charge in [0.25, 0.3) is 0 Å². The molecule has 2 heterocycles. The highest BCUT2D eigenvalue weighted by Gasteiger charge is 2.21. The van der Waals surface area contributed by atoms with Crippen molar-refractivity contribution in [3.63, 3.8) is 0 Å². The van der Waals surface area contributed by atoms with E-state index in [4.69, 9.17) is 0 Å². The average Bonchev–Trinajstić information content (AvgIpc) is 2.77. The van der Waals surface area contributed by atoms with E-state index in [1.165, 1.54) is 0 Å². The number of hydrogen-bond acceptors (Lipinski definition) is 4. The Kier molecular flexibility index (Phi) is 4.91. The third-order valence-corrected chi connectivity index (χ3v) is 3.82. The van der Waals surface area contributed by atoms with E-state index >= 15 is 0 Å². The summed E-state index contributed by atoms with van der Waals surface area (Å²) in [7, 11) is 4.03. The normalized spacial score (nSPS) is 12.9. The highest BCUT2D eigenvalue weighted by molar-refractivity contribution is 9.10. The topological polar surface area (TPSA) is 54.2 Å². The summed E-state index contributed by atoms with van der Waals surface area (Å²) in [5, 5.41) is 15.0. The maximum absolute atomic E-state index is 10.7. The minimum Gasteiger partial charge on any atom is -0.382 e. The second kappa shape index (κ2) is 6.47. The largest absolute Gasteiger partial charge is 0.382 e. The molecule has 2 aromatic rings. The van der Waals surface area contributed by atoms with E-state index in [1.54, 1.807) is 18.6 Å². The molecule has 0 aliphatic heterocycles.